The van der Waals surface area contributed by atoms with E-state index < -0.39 is 0 Å². The smallest absolute Gasteiger partial charge is 0.221 e. The molecule has 5 nitrogen and oxygen atoms in total. The third-order valence-corrected chi connectivity index (χ3v) is 3.16. The summed E-state index contributed by atoms with van der Waals surface area (Å²) in [6.07, 6.45) is 7.28. The van der Waals surface area contributed by atoms with Crippen molar-refractivity contribution in [2.45, 2.75) is 18.9 Å². The van der Waals surface area contributed by atoms with Crippen molar-refractivity contribution in [1.82, 2.24) is 10.3 Å². The Labute approximate surface area is 113 Å². The second-order valence-electron chi connectivity index (χ2n) is 4.39. The molecule has 0 unspecified atom stereocenters. The predicted octanol–water partition coefficient (Wildman–Crippen LogP) is 1.84. The summed E-state index contributed by atoms with van der Waals surface area (Å²) in [6.45, 7) is 9.07. The monoisotopic (exact) mass is 257 g/mol. The first-order chi connectivity index (χ1) is 9.33. The van der Waals surface area contributed by atoms with Crippen LogP contribution in [0.3, 0.4) is 0 Å². The molecule has 0 bridgehead atoms. The fourth-order valence-corrected chi connectivity index (χ4v) is 2.18. The second-order valence-corrected chi connectivity index (χ2v) is 4.39. The Bertz CT molecular complexity index is 446. The molecule has 2 rings (SSSR count). The molecule has 1 aliphatic heterocycles. The van der Waals surface area contributed by atoms with Gasteiger partial charge < -0.3 is 10.2 Å². The largest absolute Gasteiger partial charge is 0.370 e. The third kappa shape index (κ3) is 3.64. The van der Waals surface area contributed by atoms with Crippen LogP contribution < -0.4 is 10.2 Å². The number of rotatable bonds is 3. The third-order valence-electron chi connectivity index (χ3n) is 3.16. The number of hydrogen-bond acceptors (Lipinski definition) is 3. The lowest BCUT2D eigenvalue weighted by molar-refractivity contribution is 0.502. The van der Waals surface area contributed by atoms with E-state index in [0.29, 0.717) is 12.0 Å². The van der Waals surface area contributed by atoms with Crippen molar-refractivity contribution < 1.29 is 0 Å². The number of pyridine rings is 1. The summed E-state index contributed by atoms with van der Waals surface area (Å²) in [6, 6.07) is 4.35. The lowest BCUT2D eigenvalue weighted by atomic mass is 10.1. The summed E-state index contributed by atoms with van der Waals surface area (Å²) in [5, 5.41) is 2.88. The first-order valence-corrected chi connectivity index (χ1v) is 6.40. The van der Waals surface area contributed by atoms with Crippen LogP contribution in [0.1, 0.15) is 12.8 Å². The number of anilines is 1. The summed E-state index contributed by atoms with van der Waals surface area (Å²) >= 11 is 0. The van der Waals surface area contributed by atoms with Gasteiger partial charge in [-0.3, -0.25) is 4.98 Å². The molecule has 5 heteroatoms. The maximum atomic E-state index is 4.53. The summed E-state index contributed by atoms with van der Waals surface area (Å²) in [4.78, 5) is 14.9. The van der Waals surface area contributed by atoms with Crippen LogP contribution in [0.25, 0.3) is 0 Å². The molecule has 0 saturated carbocycles. The number of nitrogens with one attached hydrogen (secondary N) is 1. The molecule has 0 radical (unpaired) electrons. The van der Waals surface area contributed by atoms with Gasteiger partial charge in [-0.1, -0.05) is 6.58 Å². The van der Waals surface area contributed by atoms with E-state index in [-0.39, 0.29) is 0 Å². The molecule has 0 spiro atoms. The van der Waals surface area contributed by atoms with Gasteiger partial charge in [0.15, 0.2) is 0 Å². The molecule has 0 amide bonds. The average molecular weight is 257 g/mol. The maximum absolute atomic E-state index is 4.53. The van der Waals surface area contributed by atoms with Gasteiger partial charge in [-0.25, -0.2) is 9.98 Å². The highest BCUT2D eigenvalue weighted by Crippen LogP contribution is 2.20. The van der Waals surface area contributed by atoms with Gasteiger partial charge in [0.1, 0.15) is 0 Å². The summed E-state index contributed by atoms with van der Waals surface area (Å²) in [5.41, 5.74) is 1.18. The quantitative estimate of drug-likeness (QED) is 0.664. The van der Waals surface area contributed by atoms with E-state index in [1.807, 2.05) is 12.3 Å². The highest BCUT2D eigenvalue weighted by molar-refractivity contribution is 5.84. The maximum Gasteiger partial charge on any atom is 0.221 e. The Morgan fingerprint density at radius 2 is 2.26 bits per heavy atom. The van der Waals surface area contributed by atoms with Crippen LogP contribution in [0.15, 0.2) is 47.3 Å². The summed E-state index contributed by atoms with van der Waals surface area (Å²) in [5.74, 6) is 0.551. The van der Waals surface area contributed by atoms with E-state index in [9.17, 15) is 0 Å². The van der Waals surface area contributed by atoms with E-state index in [1.54, 1.807) is 12.4 Å². The Hall–Kier alpha value is -2.17. The van der Waals surface area contributed by atoms with Gasteiger partial charge in [0.2, 0.25) is 5.96 Å². The van der Waals surface area contributed by atoms with Crippen molar-refractivity contribution >= 4 is 18.4 Å². The van der Waals surface area contributed by atoms with Crippen LogP contribution in [-0.2, 0) is 0 Å². The van der Waals surface area contributed by atoms with Gasteiger partial charge in [0.25, 0.3) is 0 Å². The van der Waals surface area contributed by atoms with Crippen LogP contribution in [0.5, 0.6) is 0 Å². The SMILES string of the molecule is C=CNC(N=C)=NC1CCN(c2cccnc2)CC1. The van der Waals surface area contributed by atoms with Crippen LogP contribution in [0.4, 0.5) is 5.69 Å². The van der Waals surface area contributed by atoms with Crippen LogP contribution in [0.2, 0.25) is 0 Å². The zero-order chi connectivity index (χ0) is 13.5. The van der Waals surface area contributed by atoms with Crippen molar-refractivity contribution in [3.63, 3.8) is 0 Å². The Kier molecular flexibility index (Phi) is 4.66. The van der Waals surface area contributed by atoms with Crippen LogP contribution in [-0.4, -0.2) is 36.8 Å². The molecule has 0 aliphatic carbocycles. The number of aliphatic imine (C=N–C) groups is 2. The van der Waals surface area contributed by atoms with Gasteiger partial charge in [-0.05, 0) is 37.9 Å². The Morgan fingerprint density at radius 1 is 1.47 bits per heavy atom. The number of nitrogens with zero attached hydrogens (tertiary/aromatic N) is 4. The van der Waals surface area contributed by atoms with Crippen molar-refractivity contribution in [3.8, 4) is 0 Å². The van der Waals surface area contributed by atoms with E-state index in [4.69, 9.17) is 0 Å². The second kappa shape index (κ2) is 6.68. The lowest BCUT2D eigenvalue weighted by Gasteiger charge is -2.31. The number of aromatic nitrogens is 1. The molecule has 19 heavy (non-hydrogen) atoms. The Balaban J connectivity index is 1.92. The molecule has 1 aromatic heterocycles. The number of guanidine groups is 1. The molecular weight excluding hydrogens is 238 g/mol. The zero-order valence-electron chi connectivity index (χ0n) is 11.0. The molecule has 0 aromatic carbocycles. The van der Waals surface area contributed by atoms with Crippen molar-refractivity contribution in [2.75, 3.05) is 18.0 Å². The van der Waals surface area contributed by atoms with Gasteiger partial charge in [-0.2, -0.15) is 0 Å². The predicted molar refractivity (Wildman–Crippen MR) is 79.8 cm³/mol. The molecule has 2 heterocycles. The fraction of sp³-hybridized carbons (Fsp3) is 0.357. The molecule has 1 aliphatic rings. The van der Waals surface area contributed by atoms with Crippen LogP contribution >= 0.6 is 0 Å². The van der Waals surface area contributed by atoms with Crippen LogP contribution in [0, 0.1) is 0 Å². The number of hydrogen-bond donors (Lipinski definition) is 1. The normalized spacial score (nSPS) is 17.1. The molecule has 1 aromatic rings. The highest BCUT2D eigenvalue weighted by atomic mass is 15.2. The molecule has 1 fully saturated rings. The minimum atomic E-state index is 0.292. The van der Waals surface area contributed by atoms with Gasteiger partial charge in [0.05, 0.1) is 17.9 Å². The zero-order valence-corrected chi connectivity index (χ0v) is 11.0. The molecular formula is C14H19N5. The van der Waals surface area contributed by atoms with Gasteiger partial charge in [0, 0.05) is 19.3 Å². The standard InChI is InChI=1S/C14H19N5/c1-3-17-14(15-2)18-12-6-9-19(10-7-12)13-5-4-8-16-11-13/h3-5,8,11-12H,1-2,6-7,9-10H2,(H,17,18). The average Bonchev–Trinajstić information content (AvgIpc) is 2.48. The van der Waals surface area contributed by atoms with E-state index in [0.717, 1.165) is 25.9 Å². The summed E-state index contributed by atoms with van der Waals surface area (Å²) in [7, 11) is 0. The summed E-state index contributed by atoms with van der Waals surface area (Å²) < 4.78 is 0. The molecule has 1 N–H and O–H groups in total. The van der Waals surface area contributed by atoms with E-state index >= 15 is 0 Å². The van der Waals surface area contributed by atoms with Crippen molar-refractivity contribution in [3.05, 3.63) is 37.3 Å². The fourth-order valence-electron chi connectivity index (χ4n) is 2.18. The minimum absolute atomic E-state index is 0.292. The van der Waals surface area contributed by atoms with E-state index in [1.165, 1.54) is 5.69 Å². The van der Waals surface area contributed by atoms with E-state index in [2.05, 4.69) is 44.5 Å². The first kappa shape index (κ1) is 13.3. The molecule has 1 saturated heterocycles. The highest BCUT2D eigenvalue weighted by Gasteiger charge is 2.19. The molecule has 0 atom stereocenters. The topological polar surface area (TPSA) is 52.9 Å². The van der Waals surface area contributed by atoms with Gasteiger partial charge >= 0.3 is 0 Å². The first-order valence-electron chi connectivity index (χ1n) is 6.40. The number of piperidine rings is 1. The Morgan fingerprint density at radius 3 is 2.84 bits per heavy atom. The van der Waals surface area contributed by atoms with Crippen molar-refractivity contribution in [1.29, 1.82) is 0 Å². The van der Waals surface area contributed by atoms with Gasteiger partial charge in [-0.15, -0.1) is 0 Å². The molecule has 100 valence electrons. The minimum Gasteiger partial charge on any atom is -0.370 e. The lowest BCUT2D eigenvalue weighted by Crippen LogP contribution is -2.36. The van der Waals surface area contributed by atoms with Crippen molar-refractivity contribution in [2.24, 2.45) is 9.98 Å².